The molecular weight excluding hydrogens is 258 g/mol. The summed E-state index contributed by atoms with van der Waals surface area (Å²) in [6.07, 6.45) is 2.71. The van der Waals surface area contributed by atoms with Crippen molar-refractivity contribution in [2.24, 2.45) is 0 Å². The van der Waals surface area contributed by atoms with E-state index in [0.29, 0.717) is 0 Å². The Bertz CT molecular complexity index is 305. The summed E-state index contributed by atoms with van der Waals surface area (Å²) in [6, 6.07) is 8.17. The molecule has 0 saturated carbocycles. The molecule has 0 amide bonds. The highest BCUT2D eigenvalue weighted by atomic mass is 35.5. The average molecular weight is 274 g/mol. The molecule has 1 aromatic carbocycles. The number of hydrogen-bond donors (Lipinski definition) is 0. The molecule has 1 aromatic rings. The van der Waals surface area contributed by atoms with Crippen LogP contribution in [0, 0.1) is 0 Å². The molecule has 1 saturated heterocycles. The third kappa shape index (κ3) is 3.79. The molecule has 4 heteroatoms. The SMILES string of the molecule is Clc1ccc(N2CSCCCCSC2)cc1. The van der Waals surface area contributed by atoms with Crippen LogP contribution in [0.15, 0.2) is 24.3 Å². The second-order valence-corrected chi connectivity index (χ2v) is 6.38. The van der Waals surface area contributed by atoms with Crippen LogP contribution in [0.4, 0.5) is 5.69 Å². The summed E-state index contributed by atoms with van der Waals surface area (Å²) in [7, 11) is 0. The second-order valence-electron chi connectivity index (χ2n) is 3.80. The van der Waals surface area contributed by atoms with Crippen molar-refractivity contribution < 1.29 is 0 Å². The van der Waals surface area contributed by atoms with Crippen LogP contribution >= 0.6 is 35.1 Å². The highest BCUT2D eigenvalue weighted by Gasteiger charge is 2.08. The van der Waals surface area contributed by atoms with Gasteiger partial charge >= 0.3 is 0 Å². The van der Waals surface area contributed by atoms with Crippen molar-refractivity contribution in [3.63, 3.8) is 0 Å². The third-order valence-electron chi connectivity index (χ3n) is 2.51. The van der Waals surface area contributed by atoms with Gasteiger partial charge < -0.3 is 4.90 Å². The molecule has 0 N–H and O–H groups in total. The van der Waals surface area contributed by atoms with Crippen molar-refractivity contribution in [2.75, 3.05) is 28.2 Å². The Morgan fingerprint density at radius 3 is 2.06 bits per heavy atom. The number of halogens is 1. The predicted molar refractivity (Wildman–Crippen MR) is 77.8 cm³/mol. The molecule has 0 aromatic heterocycles. The largest absolute Gasteiger partial charge is 0.353 e. The molecule has 0 atom stereocenters. The van der Waals surface area contributed by atoms with Gasteiger partial charge in [0.1, 0.15) is 0 Å². The highest BCUT2D eigenvalue weighted by molar-refractivity contribution is 8.00. The lowest BCUT2D eigenvalue weighted by Gasteiger charge is -2.23. The molecule has 0 unspecified atom stereocenters. The Labute approximate surface area is 111 Å². The Balaban J connectivity index is 2.01. The first kappa shape index (κ1) is 12.5. The summed E-state index contributed by atoms with van der Waals surface area (Å²) in [5.74, 6) is 4.75. The van der Waals surface area contributed by atoms with E-state index in [1.165, 1.54) is 30.0 Å². The van der Waals surface area contributed by atoms with Gasteiger partial charge in [0.25, 0.3) is 0 Å². The number of thioether (sulfide) groups is 2. The quantitative estimate of drug-likeness (QED) is 0.750. The molecule has 1 fully saturated rings. The summed E-state index contributed by atoms with van der Waals surface area (Å²) >= 11 is 9.96. The fourth-order valence-corrected chi connectivity index (χ4v) is 3.83. The first-order chi connectivity index (χ1) is 7.86. The number of anilines is 1. The molecule has 0 radical (unpaired) electrons. The number of rotatable bonds is 1. The standard InChI is InChI=1S/C12H16ClNS2/c13-11-3-5-12(6-4-11)14-9-15-7-1-2-8-16-10-14/h3-6H,1-2,7-10H2. The van der Waals surface area contributed by atoms with Crippen LogP contribution in [0.5, 0.6) is 0 Å². The van der Waals surface area contributed by atoms with Gasteiger partial charge in [0.15, 0.2) is 0 Å². The smallest absolute Gasteiger partial charge is 0.0648 e. The minimum Gasteiger partial charge on any atom is -0.353 e. The molecule has 1 nitrogen and oxygen atoms in total. The predicted octanol–water partition coefficient (Wildman–Crippen LogP) is 4.32. The summed E-state index contributed by atoms with van der Waals surface area (Å²) < 4.78 is 0. The van der Waals surface area contributed by atoms with E-state index in [0.717, 1.165) is 16.8 Å². The lowest BCUT2D eigenvalue weighted by atomic mass is 10.3. The molecule has 16 heavy (non-hydrogen) atoms. The van der Waals surface area contributed by atoms with Crippen molar-refractivity contribution >= 4 is 40.8 Å². The molecule has 1 aliphatic rings. The Morgan fingerprint density at radius 1 is 0.938 bits per heavy atom. The van der Waals surface area contributed by atoms with Crippen LogP contribution in [0.1, 0.15) is 12.8 Å². The summed E-state index contributed by atoms with van der Waals surface area (Å²) in [4.78, 5) is 2.43. The average Bonchev–Trinajstić information content (AvgIpc) is 2.43. The van der Waals surface area contributed by atoms with Crippen LogP contribution in [-0.4, -0.2) is 23.3 Å². The Kier molecular flexibility index (Phi) is 5.20. The molecule has 2 rings (SSSR count). The maximum atomic E-state index is 5.91. The lowest BCUT2D eigenvalue weighted by molar-refractivity contribution is 0.909. The topological polar surface area (TPSA) is 3.24 Å². The van der Waals surface area contributed by atoms with E-state index < -0.39 is 0 Å². The monoisotopic (exact) mass is 273 g/mol. The van der Waals surface area contributed by atoms with Gasteiger partial charge in [-0.15, -0.1) is 23.5 Å². The zero-order valence-electron chi connectivity index (χ0n) is 9.19. The van der Waals surface area contributed by atoms with E-state index >= 15 is 0 Å². The van der Waals surface area contributed by atoms with Crippen molar-refractivity contribution in [2.45, 2.75) is 12.8 Å². The van der Waals surface area contributed by atoms with Crippen molar-refractivity contribution in [3.8, 4) is 0 Å². The van der Waals surface area contributed by atoms with Gasteiger partial charge in [0.2, 0.25) is 0 Å². The zero-order chi connectivity index (χ0) is 11.2. The summed E-state index contributed by atoms with van der Waals surface area (Å²) in [5, 5.41) is 0.813. The van der Waals surface area contributed by atoms with Crippen LogP contribution < -0.4 is 4.90 Å². The molecule has 88 valence electrons. The first-order valence-corrected chi connectivity index (χ1v) is 8.21. The molecule has 0 spiro atoms. The van der Waals surface area contributed by atoms with E-state index in [4.69, 9.17) is 11.6 Å². The van der Waals surface area contributed by atoms with Gasteiger partial charge in [-0.05, 0) is 48.6 Å². The highest BCUT2D eigenvalue weighted by Crippen LogP contribution is 2.24. The maximum Gasteiger partial charge on any atom is 0.0648 e. The van der Waals surface area contributed by atoms with E-state index in [-0.39, 0.29) is 0 Å². The zero-order valence-corrected chi connectivity index (χ0v) is 11.6. The van der Waals surface area contributed by atoms with E-state index in [1.807, 2.05) is 35.7 Å². The van der Waals surface area contributed by atoms with Crippen molar-refractivity contribution in [3.05, 3.63) is 29.3 Å². The van der Waals surface area contributed by atoms with E-state index in [1.54, 1.807) is 0 Å². The number of benzene rings is 1. The summed E-state index contributed by atoms with van der Waals surface area (Å²) in [6.45, 7) is 0. The van der Waals surface area contributed by atoms with Gasteiger partial charge in [-0.25, -0.2) is 0 Å². The van der Waals surface area contributed by atoms with Crippen molar-refractivity contribution in [1.82, 2.24) is 0 Å². The van der Waals surface area contributed by atoms with E-state index in [9.17, 15) is 0 Å². The van der Waals surface area contributed by atoms with Gasteiger partial charge in [0, 0.05) is 10.7 Å². The molecule has 1 heterocycles. The van der Waals surface area contributed by atoms with Crippen LogP contribution in [0.25, 0.3) is 0 Å². The maximum absolute atomic E-state index is 5.91. The van der Waals surface area contributed by atoms with Gasteiger partial charge in [-0.2, -0.15) is 0 Å². The fourth-order valence-electron chi connectivity index (χ4n) is 1.60. The Hall–Kier alpha value is 0.01000. The van der Waals surface area contributed by atoms with E-state index in [2.05, 4.69) is 17.0 Å². The molecule has 1 aliphatic heterocycles. The third-order valence-corrected chi connectivity index (χ3v) is 4.91. The minimum atomic E-state index is 0.813. The number of nitrogens with zero attached hydrogens (tertiary/aromatic N) is 1. The van der Waals surface area contributed by atoms with Gasteiger partial charge in [-0.1, -0.05) is 11.6 Å². The minimum absolute atomic E-state index is 0.813. The molecular formula is C12H16ClNS2. The summed E-state index contributed by atoms with van der Waals surface area (Å²) in [5.41, 5.74) is 1.28. The number of hydrogen-bond acceptors (Lipinski definition) is 3. The van der Waals surface area contributed by atoms with Gasteiger partial charge in [0.05, 0.1) is 11.8 Å². The lowest BCUT2D eigenvalue weighted by Crippen LogP contribution is -2.21. The van der Waals surface area contributed by atoms with Crippen LogP contribution in [0.2, 0.25) is 5.02 Å². The van der Waals surface area contributed by atoms with Gasteiger partial charge in [-0.3, -0.25) is 0 Å². The van der Waals surface area contributed by atoms with Crippen molar-refractivity contribution in [1.29, 1.82) is 0 Å². The second kappa shape index (κ2) is 6.67. The first-order valence-electron chi connectivity index (χ1n) is 5.52. The van der Waals surface area contributed by atoms with Crippen LogP contribution in [-0.2, 0) is 0 Å². The Morgan fingerprint density at radius 2 is 1.50 bits per heavy atom. The molecule has 0 bridgehead atoms. The fraction of sp³-hybridized carbons (Fsp3) is 0.500. The normalized spacial score (nSPS) is 18.7. The van der Waals surface area contributed by atoms with Crippen LogP contribution in [0.3, 0.4) is 0 Å². The molecule has 0 aliphatic carbocycles.